The van der Waals surface area contributed by atoms with Gasteiger partial charge < -0.3 is 24.0 Å². The van der Waals surface area contributed by atoms with Crippen LogP contribution in [0.2, 0.25) is 0 Å². The molecule has 74 valence electrons. The van der Waals surface area contributed by atoms with Crippen LogP contribution in [0.15, 0.2) is 41.6 Å². The van der Waals surface area contributed by atoms with Crippen LogP contribution in [0.4, 0.5) is 0 Å². The first kappa shape index (κ1) is 11.8. The van der Waals surface area contributed by atoms with Crippen LogP contribution in [0.1, 0.15) is 0 Å². The highest BCUT2D eigenvalue weighted by Gasteiger charge is 2.08. The Balaban J connectivity index is 0.000000980. The van der Waals surface area contributed by atoms with Crippen LogP contribution in [0.3, 0.4) is 0 Å². The average Bonchev–Trinajstić information content (AvgIpc) is 2.18. The lowest BCUT2D eigenvalue weighted by atomic mass is 10.2. The fraction of sp³-hybridized carbons (Fsp3) is 0.182. The summed E-state index contributed by atoms with van der Waals surface area (Å²) in [4.78, 5) is 0. The summed E-state index contributed by atoms with van der Waals surface area (Å²) in [5.74, 6) is 0. The predicted octanol–water partition coefficient (Wildman–Crippen LogP) is -0.610. The molecule has 0 aliphatic carbocycles. The number of hydrogen-bond acceptors (Lipinski definition) is 1. The largest absolute Gasteiger partial charge is 1.00 e. The van der Waals surface area contributed by atoms with Gasteiger partial charge in [-0.25, -0.2) is 0 Å². The lowest BCUT2D eigenvalue weighted by molar-refractivity contribution is -0.706. The van der Waals surface area contributed by atoms with E-state index in [9.17, 15) is 0 Å². The topological polar surface area (TPSA) is 3.88 Å². The predicted molar refractivity (Wildman–Crippen MR) is 56.9 cm³/mol. The summed E-state index contributed by atoms with van der Waals surface area (Å²) < 4.78 is 2.16. The van der Waals surface area contributed by atoms with Crippen molar-refractivity contribution in [1.29, 1.82) is 0 Å². The van der Waals surface area contributed by atoms with Crippen molar-refractivity contribution in [2.75, 3.05) is 6.26 Å². The monoisotopic (exact) mass is 317 g/mol. The average molecular weight is 317 g/mol. The van der Waals surface area contributed by atoms with Crippen LogP contribution in [0, 0.1) is 0 Å². The third-order valence-electron chi connectivity index (χ3n) is 2.18. The molecule has 0 amide bonds. The summed E-state index contributed by atoms with van der Waals surface area (Å²) in [6.07, 6.45) is 4.22. The van der Waals surface area contributed by atoms with Gasteiger partial charge in [-0.15, -0.1) is 0 Å². The molecule has 0 bridgehead atoms. The summed E-state index contributed by atoms with van der Waals surface area (Å²) >= 11 is 1.79. The van der Waals surface area contributed by atoms with E-state index in [1.165, 1.54) is 15.8 Å². The molecule has 0 saturated heterocycles. The maximum absolute atomic E-state index is 2.17. The third-order valence-corrected chi connectivity index (χ3v) is 3.08. The molecule has 14 heavy (non-hydrogen) atoms. The Labute approximate surface area is 106 Å². The fourth-order valence-electron chi connectivity index (χ4n) is 1.54. The molecule has 0 fully saturated rings. The van der Waals surface area contributed by atoms with Crippen molar-refractivity contribution in [3.8, 4) is 0 Å². The second-order valence-corrected chi connectivity index (χ2v) is 3.82. The number of rotatable bonds is 1. The molecule has 2 aromatic rings. The molecule has 0 atom stereocenters. The molecular weight excluding hydrogens is 305 g/mol. The molecule has 1 heterocycles. The molecular formula is C11H12INS. The van der Waals surface area contributed by atoms with Crippen molar-refractivity contribution >= 4 is 22.5 Å². The minimum atomic E-state index is 0. The summed E-state index contributed by atoms with van der Waals surface area (Å²) in [6, 6.07) is 10.6. The number of halogens is 1. The van der Waals surface area contributed by atoms with Crippen molar-refractivity contribution in [3.63, 3.8) is 0 Å². The maximum atomic E-state index is 2.17. The van der Waals surface area contributed by atoms with Gasteiger partial charge in [0.25, 0.3) is 0 Å². The quantitative estimate of drug-likeness (QED) is 0.386. The van der Waals surface area contributed by atoms with Gasteiger partial charge in [-0.3, -0.25) is 0 Å². The number of benzene rings is 1. The van der Waals surface area contributed by atoms with E-state index in [2.05, 4.69) is 54.4 Å². The molecule has 0 radical (unpaired) electrons. The Morgan fingerprint density at radius 1 is 1.14 bits per heavy atom. The normalized spacial score (nSPS) is 9.86. The highest BCUT2D eigenvalue weighted by atomic mass is 127. The third kappa shape index (κ3) is 2.03. The molecule has 0 spiro atoms. The minimum absolute atomic E-state index is 0. The summed E-state index contributed by atoms with van der Waals surface area (Å²) in [6.45, 7) is 0. The van der Waals surface area contributed by atoms with Crippen LogP contribution in [0.5, 0.6) is 0 Å². The van der Waals surface area contributed by atoms with Crippen molar-refractivity contribution in [1.82, 2.24) is 0 Å². The van der Waals surface area contributed by atoms with Crippen LogP contribution >= 0.6 is 11.8 Å². The van der Waals surface area contributed by atoms with Gasteiger partial charge in [0.15, 0.2) is 6.20 Å². The second kappa shape index (κ2) is 4.98. The molecule has 1 nitrogen and oxygen atoms in total. The van der Waals surface area contributed by atoms with Gasteiger partial charge in [0.05, 0.1) is 5.39 Å². The highest BCUT2D eigenvalue weighted by Crippen LogP contribution is 2.21. The van der Waals surface area contributed by atoms with Crippen molar-refractivity contribution in [2.45, 2.75) is 5.03 Å². The molecule has 2 rings (SSSR count). The first-order chi connectivity index (χ1) is 6.33. The van der Waals surface area contributed by atoms with E-state index < -0.39 is 0 Å². The number of nitrogens with zero attached hydrogens (tertiary/aromatic N) is 1. The van der Waals surface area contributed by atoms with Crippen LogP contribution in [0.25, 0.3) is 10.8 Å². The minimum Gasteiger partial charge on any atom is -1.00 e. The Hall–Kier alpha value is -0.290. The number of pyridine rings is 1. The lowest BCUT2D eigenvalue weighted by Gasteiger charge is -2.00. The molecule has 3 heteroatoms. The zero-order valence-corrected chi connectivity index (χ0v) is 11.2. The Morgan fingerprint density at radius 3 is 2.57 bits per heavy atom. The fourth-order valence-corrected chi connectivity index (χ4v) is 2.30. The standard InChI is InChI=1S/C11H12NS.HI/c1-12-8-7-9-5-3-4-6-10(9)11(12)13-2;/h3-8H,1-2H3;1H/q+1;/p-1. The Bertz CT molecular complexity index is 442. The molecule has 0 aliphatic rings. The van der Waals surface area contributed by atoms with E-state index in [-0.39, 0.29) is 24.0 Å². The lowest BCUT2D eigenvalue weighted by Crippen LogP contribution is -3.00. The van der Waals surface area contributed by atoms with E-state index in [0.717, 1.165) is 0 Å². The van der Waals surface area contributed by atoms with E-state index >= 15 is 0 Å². The van der Waals surface area contributed by atoms with Gasteiger partial charge in [0.1, 0.15) is 7.05 Å². The zero-order valence-electron chi connectivity index (χ0n) is 8.20. The highest BCUT2D eigenvalue weighted by molar-refractivity contribution is 7.98. The van der Waals surface area contributed by atoms with Crippen LogP contribution < -0.4 is 28.5 Å². The van der Waals surface area contributed by atoms with Gasteiger partial charge in [0.2, 0.25) is 5.03 Å². The van der Waals surface area contributed by atoms with E-state index in [1.807, 2.05) is 0 Å². The van der Waals surface area contributed by atoms with E-state index in [4.69, 9.17) is 0 Å². The van der Waals surface area contributed by atoms with E-state index in [0.29, 0.717) is 0 Å². The molecule has 1 aromatic carbocycles. The first-order valence-electron chi connectivity index (χ1n) is 4.24. The zero-order chi connectivity index (χ0) is 9.26. The number of hydrogen-bond donors (Lipinski definition) is 0. The van der Waals surface area contributed by atoms with Gasteiger partial charge in [-0.2, -0.15) is 4.57 Å². The maximum Gasteiger partial charge on any atom is 0.247 e. The first-order valence-corrected chi connectivity index (χ1v) is 5.47. The molecule has 1 aromatic heterocycles. The van der Waals surface area contributed by atoms with Gasteiger partial charge in [-0.1, -0.05) is 30.0 Å². The SMILES string of the molecule is CSc1c2ccccc2cc[n+]1C.[I-]. The van der Waals surface area contributed by atoms with Crippen LogP contribution in [-0.2, 0) is 7.05 Å². The smallest absolute Gasteiger partial charge is 0.247 e. The number of thioether (sulfide) groups is 1. The van der Waals surface area contributed by atoms with E-state index in [1.54, 1.807) is 11.8 Å². The van der Waals surface area contributed by atoms with Gasteiger partial charge >= 0.3 is 0 Å². The Morgan fingerprint density at radius 2 is 1.86 bits per heavy atom. The van der Waals surface area contributed by atoms with Gasteiger partial charge in [-0.05, 0) is 17.7 Å². The van der Waals surface area contributed by atoms with Crippen molar-refractivity contribution < 1.29 is 28.5 Å². The molecule has 0 aliphatic heterocycles. The summed E-state index contributed by atoms with van der Waals surface area (Å²) in [7, 11) is 2.08. The van der Waals surface area contributed by atoms with Crippen molar-refractivity contribution in [3.05, 3.63) is 36.5 Å². The number of aryl methyl sites for hydroxylation is 1. The number of aromatic nitrogens is 1. The second-order valence-electron chi connectivity index (χ2n) is 3.02. The molecule has 0 saturated carbocycles. The molecule has 0 N–H and O–H groups in total. The molecule has 0 unspecified atom stereocenters. The Kier molecular flexibility index (Phi) is 4.19. The summed E-state index contributed by atoms with van der Waals surface area (Å²) in [5, 5.41) is 3.96. The van der Waals surface area contributed by atoms with Crippen molar-refractivity contribution in [2.24, 2.45) is 7.05 Å². The van der Waals surface area contributed by atoms with Crippen LogP contribution in [-0.4, -0.2) is 6.26 Å². The number of fused-ring (bicyclic) bond motifs is 1. The van der Waals surface area contributed by atoms with Gasteiger partial charge in [0, 0.05) is 6.07 Å². The summed E-state index contributed by atoms with van der Waals surface area (Å²) in [5.41, 5.74) is 0.